The van der Waals surface area contributed by atoms with E-state index in [0.29, 0.717) is 54.7 Å². The molecule has 10 nitrogen and oxygen atoms in total. The highest BCUT2D eigenvalue weighted by Crippen LogP contribution is 2.34. The van der Waals surface area contributed by atoms with E-state index in [1.165, 1.54) is 0 Å². The van der Waals surface area contributed by atoms with E-state index in [2.05, 4.69) is 10.3 Å². The molecule has 0 radical (unpaired) electrons. The Bertz CT molecular complexity index is 1100. The molecule has 31 heavy (non-hydrogen) atoms. The molecule has 0 saturated carbocycles. The molecule has 0 spiro atoms. The maximum absolute atomic E-state index is 12.9. The summed E-state index contributed by atoms with van der Waals surface area (Å²) in [5.74, 6) is 1.30. The van der Waals surface area contributed by atoms with Gasteiger partial charge in [-0.15, -0.1) is 0 Å². The third-order valence-corrected chi connectivity index (χ3v) is 5.09. The molecule has 1 saturated heterocycles. The monoisotopic (exact) mass is 426 g/mol. The van der Waals surface area contributed by atoms with Gasteiger partial charge in [-0.3, -0.25) is 9.59 Å². The van der Waals surface area contributed by atoms with Gasteiger partial charge < -0.3 is 28.3 Å². The van der Waals surface area contributed by atoms with E-state index in [1.807, 2.05) is 0 Å². The van der Waals surface area contributed by atoms with Crippen LogP contribution in [0.15, 0.2) is 39.4 Å². The molecule has 0 unspecified atom stereocenters. The van der Waals surface area contributed by atoms with Gasteiger partial charge in [0.15, 0.2) is 11.5 Å². The molecule has 1 aliphatic rings. The fraction of sp³-hybridized carbons (Fsp3) is 0.333. The summed E-state index contributed by atoms with van der Waals surface area (Å²) >= 11 is 0. The molecule has 10 heteroatoms. The van der Waals surface area contributed by atoms with Crippen molar-refractivity contribution in [1.29, 1.82) is 0 Å². The van der Waals surface area contributed by atoms with Crippen molar-refractivity contribution in [1.82, 2.24) is 20.1 Å². The number of methoxy groups -OCH3 is 2. The lowest BCUT2D eigenvalue weighted by Crippen LogP contribution is -2.50. The lowest BCUT2D eigenvalue weighted by molar-refractivity contribution is 0.0507. The van der Waals surface area contributed by atoms with Gasteiger partial charge in [-0.05, 0) is 25.1 Å². The van der Waals surface area contributed by atoms with Gasteiger partial charge in [0.1, 0.15) is 11.5 Å². The van der Waals surface area contributed by atoms with E-state index in [9.17, 15) is 9.59 Å². The van der Waals surface area contributed by atoms with Crippen LogP contribution in [0.25, 0.3) is 11.3 Å². The molecule has 3 heterocycles. The van der Waals surface area contributed by atoms with Crippen LogP contribution < -0.4 is 9.47 Å². The van der Waals surface area contributed by atoms with Gasteiger partial charge in [-0.1, -0.05) is 10.3 Å². The number of aryl methyl sites for hydroxylation is 1. The summed E-state index contributed by atoms with van der Waals surface area (Å²) in [5.41, 5.74) is 1.46. The van der Waals surface area contributed by atoms with Crippen molar-refractivity contribution in [3.8, 4) is 22.8 Å². The Hall–Kier alpha value is -3.82. The van der Waals surface area contributed by atoms with Crippen LogP contribution in [-0.4, -0.2) is 72.3 Å². The molecule has 0 bridgehead atoms. The van der Waals surface area contributed by atoms with E-state index in [-0.39, 0.29) is 23.3 Å². The molecular weight excluding hydrogens is 404 g/mol. The summed E-state index contributed by atoms with van der Waals surface area (Å²) in [5, 5.41) is 7.68. The number of ether oxygens (including phenoxy) is 2. The molecule has 4 rings (SSSR count). The summed E-state index contributed by atoms with van der Waals surface area (Å²) < 4.78 is 21.1. The van der Waals surface area contributed by atoms with Gasteiger partial charge in [-0.2, -0.15) is 0 Å². The summed E-state index contributed by atoms with van der Waals surface area (Å²) in [6, 6.07) is 8.46. The average Bonchev–Trinajstić information content (AvgIpc) is 3.47. The second-order valence-corrected chi connectivity index (χ2v) is 7.06. The first-order valence-corrected chi connectivity index (χ1v) is 9.71. The third-order valence-electron chi connectivity index (χ3n) is 5.09. The number of carbonyl (C=O) groups excluding carboxylic acids is 2. The van der Waals surface area contributed by atoms with Crippen molar-refractivity contribution in [2.75, 3.05) is 40.4 Å². The standard InChI is InChI=1S/C21H22N4O6/c1-13-10-19(31-22-13)21(27)25-8-6-24(7-9-25)20(26)16-12-18(30-23-16)15-11-14(28-2)4-5-17(15)29-3/h4-5,10-12H,6-9H2,1-3H3. The fourth-order valence-electron chi connectivity index (χ4n) is 3.40. The summed E-state index contributed by atoms with van der Waals surface area (Å²) in [6.45, 7) is 3.28. The van der Waals surface area contributed by atoms with E-state index in [0.717, 1.165) is 0 Å². The van der Waals surface area contributed by atoms with Gasteiger partial charge in [-0.25, -0.2) is 0 Å². The first kappa shape index (κ1) is 20.5. The van der Waals surface area contributed by atoms with Crippen molar-refractivity contribution < 1.29 is 28.1 Å². The molecule has 0 N–H and O–H groups in total. The number of hydrogen-bond donors (Lipinski definition) is 0. The molecule has 3 aromatic rings. The highest BCUT2D eigenvalue weighted by Gasteiger charge is 2.29. The average molecular weight is 426 g/mol. The highest BCUT2D eigenvalue weighted by molar-refractivity contribution is 5.94. The fourth-order valence-corrected chi connectivity index (χ4v) is 3.40. The smallest absolute Gasteiger partial charge is 0.292 e. The quantitative estimate of drug-likeness (QED) is 0.611. The van der Waals surface area contributed by atoms with Crippen LogP contribution in [0.2, 0.25) is 0 Å². The van der Waals surface area contributed by atoms with E-state index >= 15 is 0 Å². The van der Waals surface area contributed by atoms with Gasteiger partial charge in [0.2, 0.25) is 5.76 Å². The van der Waals surface area contributed by atoms with E-state index < -0.39 is 0 Å². The molecule has 0 atom stereocenters. The molecular formula is C21H22N4O6. The number of aromatic nitrogens is 2. The first-order valence-electron chi connectivity index (χ1n) is 9.71. The van der Waals surface area contributed by atoms with E-state index in [4.69, 9.17) is 18.5 Å². The summed E-state index contributed by atoms with van der Waals surface area (Å²) in [4.78, 5) is 28.6. The Kier molecular flexibility index (Phi) is 5.61. The lowest BCUT2D eigenvalue weighted by Gasteiger charge is -2.33. The Morgan fingerprint density at radius 2 is 1.61 bits per heavy atom. The highest BCUT2D eigenvalue weighted by atomic mass is 16.5. The summed E-state index contributed by atoms with van der Waals surface area (Å²) in [6.07, 6.45) is 0. The molecule has 2 amide bonds. The predicted molar refractivity (Wildman–Crippen MR) is 108 cm³/mol. The van der Waals surface area contributed by atoms with Gasteiger partial charge in [0, 0.05) is 38.3 Å². The van der Waals surface area contributed by atoms with Crippen molar-refractivity contribution in [2.24, 2.45) is 0 Å². The number of piperazine rings is 1. The van der Waals surface area contributed by atoms with Crippen LogP contribution in [0.1, 0.15) is 26.7 Å². The van der Waals surface area contributed by atoms with Crippen LogP contribution >= 0.6 is 0 Å². The van der Waals surface area contributed by atoms with E-state index in [1.54, 1.807) is 61.3 Å². The topological polar surface area (TPSA) is 111 Å². The van der Waals surface area contributed by atoms with Gasteiger partial charge in [0.05, 0.1) is 25.5 Å². The number of carbonyl (C=O) groups is 2. The van der Waals surface area contributed by atoms with Crippen LogP contribution in [0, 0.1) is 6.92 Å². The molecule has 2 aromatic heterocycles. The first-order chi connectivity index (χ1) is 15.0. The number of benzene rings is 1. The number of hydrogen-bond acceptors (Lipinski definition) is 8. The molecule has 162 valence electrons. The van der Waals surface area contributed by atoms with Gasteiger partial charge >= 0.3 is 0 Å². The Balaban J connectivity index is 1.44. The van der Waals surface area contributed by atoms with Crippen molar-refractivity contribution >= 4 is 11.8 Å². The van der Waals surface area contributed by atoms with Crippen molar-refractivity contribution in [3.63, 3.8) is 0 Å². The molecule has 1 aliphatic heterocycles. The van der Waals surface area contributed by atoms with Crippen molar-refractivity contribution in [3.05, 3.63) is 47.5 Å². The molecule has 0 aliphatic carbocycles. The largest absolute Gasteiger partial charge is 0.497 e. The maximum Gasteiger partial charge on any atom is 0.292 e. The molecule has 1 aromatic carbocycles. The van der Waals surface area contributed by atoms with Gasteiger partial charge in [0.25, 0.3) is 11.8 Å². The zero-order valence-corrected chi connectivity index (χ0v) is 17.5. The minimum Gasteiger partial charge on any atom is -0.497 e. The zero-order valence-electron chi connectivity index (χ0n) is 17.5. The Morgan fingerprint density at radius 1 is 0.903 bits per heavy atom. The number of nitrogens with zero attached hydrogens (tertiary/aromatic N) is 4. The van der Waals surface area contributed by atoms with Crippen LogP contribution in [0.3, 0.4) is 0 Å². The summed E-state index contributed by atoms with van der Waals surface area (Å²) in [7, 11) is 3.11. The maximum atomic E-state index is 12.9. The van der Waals surface area contributed by atoms with Crippen molar-refractivity contribution in [2.45, 2.75) is 6.92 Å². The second-order valence-electron chi connectivity index (χ2n) is 7.06. The normalized spacial score (nSPS) is 13.9. The SMILES string of the molecule is COc1ccc(OC)c(-c2cc(C(=O)N3CCN(C(=O)c4cc(C)no4)CC3)no2)c1. The minimum absolute atomic E-state index is 0.186. The number of rotatable bonds is 5. The van der Waals surface area contributed by atoms with Crippen LogP contribution in [-0.2, 0) is 0 Å². The lowest BCUT2D eigenvalue weighted by atomic mass is 10.1. The minimum atomic E-state index is -0.264. The predicted octanol–water partition coefficient (Wildman–Crippen LogP) is 2.25. The molecule has 1 fully saturated rings. The number of amides is 2. The van der Waals surface area contributed by atoms with Crippen LogP contribution in [0.5, 0.6) is 11.5 Å². The van der Waals surface area contributed by atoms with Crippen LogP contribution in [0.4, 0.5) is 0 Å². The Labute approximate surface area is 178 Å². The Morgan fingerprint density at radius 3 is 2.23 bits per heavy atom. The zero-order chi connectivity index (χ0) is 22.0. The third kappa shape index (κ3) is 4.09. The second kappa shape index (κ2) is 8.50.